The molecule has 0 saturated carbocycles. The quantitative estimate of drug-likeness (QED) is 0.191. The Hall–Kier alpha value is -6.14. The number of rotatable bonds is 4. The predicted octanol–water partition coefficient (Wildman–Crippen LogP) is 10.6. The number of allylic oxidation sites excluding steroid dienone is 1. The number of hydrogen-bond acceptors (Lipinski definition) is 2. The molecule has 0 N–H and O–H groups in total. The van der Waals surface area contributed by atoms with Crippen molar-refractivity contribution < 1.29 is 0 Å². The van der Waals surface area contributed by atoms with E-state index in [0.717, 1.165) is 58.5 Å². The van der Waals surface area contributed by atoms with Gasteiger partial charge in [-0.25, -0.2) is 9.97 Å². The molecule has 0 saturated heterocycles. The van der Waals surface area contributed by atoms with Crippen LogP contribution in [0.4, 0.5) is 0 Å². The summed E-state index contributed by atoms with van der Waals surface area (Å²) < 4.78 is 9.48. The molecule has 6 nitrogen and oxygen atoms in total. The standard InChI is InChI=1S/C44H36N6/c1-27-29(3)49(43-39(31-15-7-5-8-16-31)45-37-19-11-13-25-47(37)43)41-33(27)21-23-36-35(41)24-22-34-28(2)30(4)50(42(34)36)44-40(32-17-9-6-10-18-32)46-38-20-12-14-26-48(38)44/h5-11,13-19,21-26H,12,20H2,1-4H3. The second-order valence-electron chi connectivity index (χ2n) is 13.5. The van der Waals surface area contributed by atoms with Crippen molar-refractivity contribution >= 4 is 44.4 Å². The lowest BCUT2D eigenvalue weighted by Gasteiger charge is -2.17. The fourth-order valence-electron chi connectivity index (χ4n) is 8.24. The maximum absolute atomic E-state index is 5.29. The van der Waals surface area contributed by atoms with E-state index in [0.29, 0.717) is 0 Å². The molecule has 6 heteroatoms. The third-order valence-corrected chi connectivity index (χ3v) is 10.9. The van der Waals surface area contributed by atoms with Gasteiger partial charge >= 0.3 is 0 Å². The van der Waals surface area contributed by atoms with E-state index in [1.54, 1.807) is 0 Å². The van der Waals surface area contributed by atoms with Crippen LogP contribution in [0.3, 0.4) is 0 Å². The molecule has 1 aliphatic rings. The summed E-state index contributed by atoms with van der Waals surface area (Å²) in [5.74, 6) is 3.25. The van der Waals surface area contributed by atoms with Crippen molar-refractivity contribution in [3.8, 4) is 34.2 Å². The van der Waals surface area contributed by atoms with E-state index >= 15 is 0 Å². The van der Waals surface area contributed by atoms with Crippen molar-refractivity contribution in [2.45, 2.75) is 40.5 Å². The van der Waals surface area contributed by atoms with Gasteiger partial charge in [-0.2, -0.15) is 0 Å². The van der Waals surface area contributed by atoms with Crippen LogP contribution < -0.4 is 0 Å². The number of aryl methyl sites for hydroxylation is 3. The molecule has 0 radical (unpaired) electrons. The maximum Gasteiger partial charge on any atom is 0.150 e. The van der Waals surface area contributed by atoms with Crippen LogP contribution in [0.5, 0.6) is 0 Å². The van der Waals surface area contributed by atoms with E-state index in [1.807, 2.05) is 0 Å². The van der Waals surface area contributed by atoms with Crippen LogP contribution in [0.1, 0.15) is 34.8 Å². The van der Waals surface area contributed by atoms with Crippen LogP contribution in [0, 0.1) is 27.7 Å². The van der Waals surface area contributed by atoms with Crippen molar-refractivity contribution in [2.75, 3.05) is 0 Å². The molecule has 0 unspecified atom stereocenters. The SMILES string of the molecule is Cc1c(C)n(-c2c(-c3ccccc3)nc3n2C=CCC3)c2c1ccc1c2ccc2c(C)c(C)n(-c3c(-c4ccccc4)nc4ccccn34)c21. The summed E-state index contributed by atoms with van der Waals surface area (Å²) in [6, 6.07) is 36.8. The van der Waals surface area contributed by atoms with Crippen LogP contribution in [-0.2, 0) is 6.42 Å². The molecule has 0 atom stereocenters. The molecule has 0 spiro atoms. The van der Waals surface area contributed by atoms with Gasteiger partial charge in [0.2, 0.25) is 0 Å². The highest BCUT2D eigenvalue weighted by molar-refractivity contribution is 6.18. The minimum atomic E-state index is 0.921. The van der Waals surface area contributed by atoms with Gasteiger partial charge in [-0.3, -0.25) is 18.1 Å². The minimum absolute atomic E-state index is 0.921. The summed E-state index contributed by atoms with van der Waals surface area (Å²) >= 11 is 0. The first kappa shape index (κ1) is 28.8. The van der Waals surface area contributed by atoms with Crippen LogP contribution in [-0.4, -0.2) is 28.1 Å². The lowest BCUT2D eigenvalue weighted by atomic mass is 10.0. The highest BCUT2D eigenvalue weighted by atomic mass is 15.2. The van der Waals surface area contributed by atoms with Gasteiger partial charge < -0.3 is 0 Å². The van der Waals surface area contributed by atoms with Crippen molar-refractivity contribution in [3.63, 3.8) is 0 Å². The van der Waals surface area contributed by atoms with Crippen LogP contribution in [0.15, 0.2) is 115 Å². The normalized spacial score (nSPS) is 13.0. The first-order chi connectivity index (χ1) is 24.5. The number of fused-ring (bicyclic) bond motifs is 7. The van der Waals surface area contributed by atoms with Crippen molar-refractivity contribution in [3.05, 3.63) is 144 Å². The Kier molecular flexibility index (Phi) is 6.16. The monoisotopic (exact) mass is 648 g/mol. The first-order valence-electron chi connectivity index (χ1n) is 17.4. The third kappa shape index (κ3) is 3.90. The average molecular weight is 649 g/mol. The molecular formula is C44H36N6. The van der Waals surface area contributed by atoms with Crippen molar-refractivity contribution in [1.82, 2.24) is 28.1 Å². The molecule has 6 heterocycles. The van der Waals surface area contributed by atoms with Crippen LogP contribution >= 0.6 is 0 Å². The number of nitrogens with zero attached hydrogens (tertiary/aromatic N) is 6. The van der Waals surface area contributed by atoms with Crippen molar-refractivity contribution in [2.24, 2.45) is 0 Å². The molecule has 0 amide bonds. The molecule has 0 fully saturated rings. The zero-order valence-electron chi connectivity index (χ0n) is 28.6. The fraction of sp³-hybridized carbons (Fsp3) is 0.136. The summed E-state index contributed by atoms with van der Waals surface area (Å²) in [6.07, 6.45) is 8.53. The Morgan fingerprint density at radius 2 is 1.08 bits per heavy atom. The van der Waals surface area contributed by atoms with E-state index in [1.165, 1.54) is 55.1 Å². The maximum atomic E-state index is 5.29. The smallest absolute Gasteiger partial charge is 0.150 e. The lowest BCUT2D eigenvalue weighted by molar-refractivity contribution is 0.818. The van der Waals surface area contributed by atoms with Gasteiger partial charge in [-0.05, 0) is 57.4 Å². The predicted molar refractivity (Wildman–Crippen MR) is 206 cm³/mol. The average Bonchev–Trinajstić information content (AvgIpc) is 3.87. The highest BCUT2D eigenvalue weighted by Crippen LogP contribution is 2.43. The largest absolute Gasteiger partial charge is 0.297 e. The number of pyridine rings is 1. The van der Waals surface area contributed by atoms with Crippen LogP contribution in [0.25, 0.3) is 78.6 Å². The van der Waals surface area contributed by atoms with E-state index < -0.39 is 0 Å². The minimum Gasteiger partial charge on any atom is -0.297 e. The van der Waals surface area contributed by atoms with Crippen molar-refractivity contribution in [1.29, 1.82) is 0 Å². The van der Waals surface area contributed by atoms with Gasteiger partial charge in [0, 0.05) is 62.9 Å². The molecule has 242 valence electrons. The number of imidazole rings is 2. The second-order valence-corrected chi connectivity index (χ2v) is 13.5. The van der Waals surface area contributed by atoms with Gasteiger partial charge in [0.1, 0.15) is 34.5 Å². The zero-order valence-corrected chi connectivity index (χ0v) is 28.6. The molecule has 0 bridgehead atoms. The fourth-order valence-corrected chi connectivity index (χ4v) is 8.24. The molecular weight excluding hydrogens is 613 g/mol. The van der Waals surface area contributed by atoms with Gasteiger partial charge in [-0.15, -0.1) is 0 Å². The second kappa shape index (κ2) is 10.7. The lowest BCUT2D eigenvalue weighted by Crippen LogP contribution is -2.08. The topological polar surface area (TPSA) is 45.0 Å². The molecule has 50 heavy (non-hydrogen) atoms. The number of hydrogen-bond donors (Lipinski definition) is 0. The van der Waals surface area contributed by atoms with E-state index in [4.69, 9.17) is 9.97 Å². The van der Waals surface area contributed by atoms with Gasteiger partial charge in [0.15, 0.2) is 0 Å². The highest BCUT2D eigenvalue weighted by Gasteiger charge is 2.27. The Bertz CT molecular complexity index is 2840. The third-order valence-electron chi connectivity index (χ3n) is 10.9. The zero-order chi connectivity index (χ0) is 33.7. The molecule has 4 aromatic carbocycles. The summed E-state index contributed by atoms with van der Waals surface area (Å²) in [4.78, 5) is 10.5. The van der Waals surface area contributed by atoms with Crippen LogP contribution in [0.2, 0.25) is 0 Å². The Balaban J connectivity index is 1.35. The number of benzene rings is 4. The first-order valence-corrected chi connectivity index (χ1v) is 17.4. The molecule has 0 aliphatic carbocycles. The molecule has 5 aromatic heterocycles. The van der Waals surface area contributed by atoms with Gasteiger partial charge in [0.05, 0.1) is 11.0 Å². The van der Waals surface area contributed by atoms with Gasteiger partial charge in [-0.1, -0.05) is 97.1 Å². The van der Waals surface area contributed by atoms with E-state index in [9.17, 15) is 0 Å². The summed E-state index contributed by atoms with van der Waals surface area (Å²) in [5, 5.41) is 4.94. The van der Waals surface area contributed by atoms with E-state index in [-0.39, 0.29) is 0 Å². The summed E-state index contributed by atoms with van der Waals surface area (Å²) in [6.45, 7) is 9.00. The molecule has 9 aromatic rings. The van der Waals surface area contributed by atoms with Gasteiger partial charge in [0.25, 0.3) is 0 Å². The summed E-state index contributed by atoms with van der Waals surface area (Å²) in [5.41, 5.74) is 12.5. The Morgan fingerprint density at radius 3 is 1.70 bits per heavy atom. The number of aromatic nitrogens is 6. The molecule has 10 rings (SSSR count). The Morgan fingerprint density at radius 1 is 0.540 bits per heavy atom. The summed E-state index contributed by atoms with van der Waals surface area (Å²) in [7, 11) is 0. The van der Waals surface area contributed by atoms with E-state index in [2.05, 4.69) is 167 Å². The molecule has 1 aliphatic heterocycles. The Labute approximate surface area is 290 Å².